The van der Waals surface area contributed by atoms with Crippen molar-refractivity contribution in [1.29, 1.82) is 0 Å². The Balaban J connectivity index is 1.36. The van der Waals surface area contributed by atoms with E-state index in [-0.39, 0.29) is 0 Å². The number of hydrogen-bond acceptors (Lipinski definition) is 3. The molecule has 0 unspecified atom stereocenters. The summed E-state index contributed by atoms with van der Waals surface area (Å²) in [6.07, 6.45) is 7.36. The number of nitrogens with zero attached hydrogens (tertiary/aromatic N) is 2. The lowest BCUT2D eigenvalue weighted by atomic mass is 9.79. The average molecular weight is 583 g/mol. The summed E-state index contributed by atoms with van der Waals surface area (Å²) in [4.78, 5) is 4.97. The number of halogens is 1. The van der Waals surface area contributed by atoms with Crippen molar-refractivity contribution in [3.05, 3.63) is 143 Å². The Bertz CT molecular complexity index is 1740. The Morgan fingerprint density at radius 1 is 0.581 bits per heavy atom. The topological polar surface area (TPSA) is 15.7 Å². The van der Waals surface area contributed by atoms with Crippen LogP contribution in [0.1, 0.15) is 47.9 Å². The van der Waals surface area contributed by atoms with Crippen LogP contribution in [-0.2, 0) is 5.60 Å². The van der Waals surface area contributed by atoms with Gasteiger partial charge in [0.2, 0.25) is 0 Å². The molecule has 4 heteroatoms. The van der Waals surface area contributed by atoms with Crippen molar-refractivity contribution < 1.29 is 4.74 Å². The number of benzene rings is 5. The van der Waals surface area contributed by atoms with Crippen molar-refractivity contribution >= 4 is 39.3 Å². The molecule has 0 atom stereocenters. The zero-order chi connectivity index (χ0) is 28.8. The molecule has 2 fully saturated rings. The monoisotopic (exact) mass is 582 g/mol. The zero-order valence-electron chi connectivity index (χ0n) is 24.3. The molecule has 3 heterocycles. The summed E-state index contributed by atoms with van der Waals surface area (Å²) in [6.45, 7) is 4.49. The first-order chi connectivity index (χ1) is 21.2. The van der Waals surface area contributed by atoms with Crippen molar-refractivity contribution in [3.63, 3.8) is 0 Å². The Labute approximate surface area is 259 Å². The lowest BCUT2D eigenvalue weighted by molar-refractivity contribution is 0.163. The van der Waals surface area contributed by atoms with E-state index in [1.165, 1.54) is 37.1 Å². The van der Waals surface area contributed by atoms with E-state index in [0.29, 0.717) is 0 Å². The van der Waals surface area contributed by atoms with Crippen molar-refractivity contribution in [2.45, 2.75) is 31.3 Å². The molecule has 0 spiro atoms. The first-order valence-electron chi connectivity index (χ1n) is 15.6. The van der Waals surface area contributed by atoms with E-state index >= 15 is 0 Å². The zero-order valence-corrected chi connectivity index (χ0v) is 25.1. The maximum Gasteiger partial charge on any atom is 0.178 e. The number of hydrogen-bond donors (Lipinski definition) is 0. The second kappa shape index (κ2) is 10.8. The van der Waals surface area contributed by atoms with Crippen LogP contribution in [0.5, 0.6) is 5.75 Å². The quantitative estimate of drug-likeness (QED) is 0.205. The molecule has 3 aliphatic rings. The van der Waals surface area contributed by atoms with Gasteiger partial charge in [-0.3, -0.25) is 0 Å². The molecule has 0 radical (unpaired) electrons. The molecule has 0 N–H and O–H groups in total. The molecule has 0 aromatic heterocycles. The van der Waals surface area contributed by atoms with E-state index in [0.717, 1.165) is 75.6 Å². The van der Waals surface area contributed by atoms with Gasteiger partial charge in [0.1, 0.15) is 5.75 Å². The first kappa shape index (κ1) is 26.4. The molecule has 43 heavy (non-hydrogen) atoms. The van der Waals surface area contributed by atoms with Crippen molar-refractivity contribution in [2.24, 2.45) is 0 Å². The fourth-order valence-electron chi connectivity index (χ4n) is 7.18. The summed E-state index contributed by atoms with van der Waals surface area (Å²) in [5, 5.41) is 2.76. The third-order valence-corrected chi connectivity index (χ3v) is 9.78. The molecule has 0 bridgehead atoms. The highest BCUT2D eigenvalue weighted by Gasteiger charge is 2.41. The van der Waals surface area contributed by atoms with Gasteiger partial charge in [0.25, 0.3) is 0 Å². The summed E-state index contributed by atoms with van der Waals surface area (Å²) in [6, 6.07) is 39.2. The highest BCUT2D eigenvalue weighted by Crippen LogP contribution is 2.51. The van der Waals surface area contributed by atoms with Crippen molar-refractivity contribution in [2.75, 3.05) is 36.0 Å². The van der Waals surface area contributed by atoms with E-state index in [4.69, 9.17) is 16.3 Å². The number of ether oxygens (including phenoxy) is 1. The predicted molar refractivity (Wildman–Crippen MR) is 180 cm³/mol. The normalized spacial score (nSPS) is 17.6. The van der Waals surface area contributed by atoms with Gasteiger partial charge in [-0.1, -0.05) is 90.5 Å². The molecule has 5 aromatic carbocycles. The largest absolute Gasteiger partial charge is 0.472 e. The van der Waals surface area contributed by atoms with E-state index in [1.54, 1.807) is 0 Å². The van der Waals surface area contributed by atoms with Crippen LogP contribution in [-0.4, -0.2) is 26.2 Å². The molecule has 3 nitrogen and oxygen atoms in total. The fourth-order valence-corrected chi connectivity index (χ4v) is 7.46. The molecule has 8 rings (SSSR count). The predicted octanol–water partition coefficient (Wildman–Crippen LogP) is 9.46. The smallest absolute Gasteiger partial charge is 0.178 e. The Morgan fingerprint density at radius 2 is 1.09 bits per heavy atom. The fraction of sp³-hybridized carbons (Fsp3) is 0.231. The van der Waals surface area contributed by atoms with Crippen LogP contribution in [0.25, 0.3) is 16.3 Å². The molecular formula is C39H35ClN2O. The minimum atomic E-state index is -0.831. The number of anilines is 2. The van der Waals surface area contributed by atoms with Crippen LogP contribution in [0.15, 0.2) is 115 Å². The van der Waals surface area contributed by atoms with Crippen molar-refractivity contribution in [1.82, 2.24) is 0 Å². The standard InChI is InChI=1S/C39H35ClN2O/c40-37-26-35-36(28-10-2-1-3-11-28)27-39(43-38(35)34-13-5-4-12-33(34)37,29-14-18-31(19-15-29)41-22-6-7-23-41)30-16-20-32(21-17-30)42-24-8-9-25-42/h1-5,10-21,26-27H,6-9,22-25H2. The van der Waals surface area contributed by atoms with Crippen LogP contribution in [0.3, 0.4) is 0 Å². The van der Waals surface area contributed by atoms with E-state index in [2.05, 4.69) is 119 Å². The molecule has 0 aliphatic carbocycles. The minimum Gasteiger partial charge on any atom is -0.472 e. The number of rotatable bonds is 5. The summed E-state index contributed by atoms with van der Waals surface area (Å²) in [5.41, 5.74) is 7.25. The van der Waals surface area contributed by atoms with Crippen LogP contribution < -0.4 is 14.5 Å². The Kier molecular flexibility index (Phi) is 6.64. The van der Waals surface area contributed by atoms with Gasteiger partial charge in [0.15, 0.2) is 5.60 Å². The lowest BCUT2D eigenvalue weighted by Gasteiger charge is -2.39. The van der Waals surface area contributed by atoms with E-state index in [9.17, 15) is 0 Å². The first-order valence-corrected chi connectivity index (χ1v) is 16.0. The van der Waals surface area contributed by atoms with Gasteiger partial charge < -0.3 is 14.5 Å². The molecule has 3 aliphatic heterocycles. The lowest BCUT2D eigenvalue weighted by Crippen LogP contribution is -2.35. The van der Waals surface area contributed by atoms with Crippen molar-refractivity contribution in [3.8, 4) is 5.75 Å². The summed E-state index contributed by atoms with van der Waals surface area (Å²) >= 11 is 6.92. The summed E-state index contributed by atoms with van der Waals surface area (Å²) in [5.74, 6) is 0.869. The van der Waals surface area contributed by atoms with Crippen LogP contribution in [0.4, 0.5) is 11.4 Å². The molecule has 2 saturated heterocycles. The van der Waals surface area contributed by atoms with Gasteiger partial charge in [-0.25, -0.2) is 0 Å². The highest BCUT2D eigenvalue weighted by atomic mass is 35.5. The van der Waals surface area contributed by atoms with Gasteiger partial charge in [0, 0.05) is 70.0 Å². The molecule has 214 valence electrons. The summed E-state index contributed by atoms with van der Waals surface area (Å²) in [7, 11) is 0. The maximum atomic E-state index is 7.38. The molecule has 0 saturated carbocycles. The molecule has 5 aromatic rings. The summed E-state index contributed by atoms with van der Waals surface area (Å²) < 4.78 is 7.38. The molecular weight excluding hydrogens is 548 g/mol. The van der Waals surface area contributed by atoms with Crippen LogP contribution in [0.2, 0.25) is 5.02 Å². The maximum absolute atomic E-state index is 7.38. The minimum absolute atomic E-state index is 0.734. The van der Waals surface area contributed by atoms with Gasteiger partial charge in [-0.05, 0) is 73.2 Å². The second-order valence-corrected chi connectivity index (χ2v) is 12.4. The van der Waals surface area contributed by atoms with Gasteiger partial charge >= 0.3 is 0 Å². The van der Waals surface area contributed by atoms with Gasteiger partial charge in [0.05, 0.1) is 0 Å². The second-order valence-electron chi connectivity index (χ2n) is 12.0. The number of fused-ring (bicyclic) bond motifs is 3. The third kappa shape index (κ3) is 4.58. The van der Waals surface area contributed by atoms with E-state index < -0.39 is 5.60 Å². The van der Waals surface area contributed by atoms with Crippen LogP contribution >= 0.6 is 11.6 Å². The SMILES string of the molecule is Clc1cc2c(c3ccccc13)OC(c1ccc(N3CCCC3)cc1)(c1ccc(N3CCCC3)cc1)C=C2c1ccccc1. The molecule has 0 amide bonds. The Morgan fingerprint density at radius 3 is 1.65 bits per heavy atom. The van der Waals surface area contributed by atoms with Crippen LogP contribution in [0, 0.1) is 0 Å². The average Bonchev–Trinajstić information content (AvgIpc) is 3.81. The van der Waals surface area contributed by atoms with E-state index in [1.807, 2.05) is 6.07 Å². The van der Waals surface area contributed by atoms with Gasteiger partial charge in [-0.15, -0.1) is 0 Å². The Hall–Kier alpha value is -4.21. The highest BCUT2D eigenvalue weighted by molar-refractivity contribution is 6.36. The third-order valence-electron chi connectivity index (χ3n) is 9.47. The van der Waals surface area contributed by atoms with Gasteiger partial charge in [-0.2, -0.15) is 0 Å².